The SMILES string of the molecule is C[C@@H](Nc1ccc2oc3ccccc3c2c1)C(=O)N1CCCCC1. The third-order valence-electron chi connectivity index (χ3n) is 4.80. The number of nitrogens with zero attached hydrogens (tertiary/aromatic N) is 1. The average Bonchev–Trinajstić information content (AvgIpc) is 3.00. The van der Waals surface area contributed by atoms with Crippen LogP contribution in [0, 0.1) is 0 Å². The van der Waals surface area contributed by atoms with Crippen LogP contribution in [0.3, 0.4) is 0 Å². The van der Waals surface area contributed by atoms with Crippen LogP contribution in [-0.2, 0) is 4.79 Å². The molecule has 124 valence electrons. The molecule has 1 amide bonds. The van der Waals surface area contributed by atoms with Gasteiger partial charge in [-0.1, -0.05) is 18.2 Å². The van der Waals surface area contributed by atoms with Gasteiger partial charge in [0.1, 0.15) is 17.2 Å². The molecule has 0 spiro atoms. The second-order valence-electron chi connectivity index (χ2n) is 6.56. The summed E-state index contributed by atoms with van der Waals surface area (Å²) in [7, 11) is 0. The summed E-state index contributed by atoms with van der Waals surface area (Å²) in [6, 6.07) is 13.8. The van der Waals surface area contributed by atoms with E-state index in [1.165, 1.54) is 6.42 Å². The maximum absolute atomic E-state index is 12.6. The van der Waals surface area contributed by atoms with Gasteiger partial charge in [-0.3, -0.25) is 4.79 Å². The van der Waals surface area contributed by atoms with Gasteiger partial charge in [0.05, 0.1) is 0 Å². The first-order valence-electron chi connectivity index (χ1n) is 8.69. The van der Waals surface area contributed by atoms with Crippen LogP contribution in [0.15, 0.2) is 46.9 Å². The number of likely N-dealkylation sites (tertiary alicyclic amines) is 1. The van der Waals surface area contributed by atoms with Crippen molar-refractivity contribution in [2.24, 2.45) is 0 Å². The van der Waals surface area contributed by atoms with Gasteiger partial charge in [-0.25, -0.2) is 0 Å². The number of para-hydroxylation sites is 1. The lowest BCUT2D eigenvalue weighted by molar-refractivity contribution is -0.132. The van der Waals surface area contributed by atoms with E-state index in [0.29, 0.717) is 0 Å². The lowest BCUT2D eigenvalue weighted by Gasteiger charge is -2.29. The van der Waals surface area contributed by atoms with Gasteiger partial charge in [-0.2, -0.15) is 0 Å². The van der Waals surface area contributed by atoms with Crippen molar-refractivity contribution in [3.63, 3.8) is 0 Å². The molecule has 0 radical (unpaired) electrons. The number of anilines is 1. The van der Waals surface area contributed by atoms with E-state index in [1.807, 2.05) is 42.2 Å². The van der Waals surface area contributed by atoms with E-state index in [2.05, 4.69) is 17.4 Å². The fourth-order valence-electron chi connectivity index (χ4n) is 3.52. The summed E-state index contributed by atoms with van der Waals surface area (Å²) >= 11 is 0. The Morgan fingerprint density at radius 3 is 2.62 bits per heavy atom. The van der Waals surface area contributed by atoms with Gasteiger partial charge in [0.2, 0.25) is 5.91 Å². The molecule has 1 N–H and O–H groups in total. The molecule has 3 aromatic rings. The Morgan fingerprint density at radius 2 is 1.79 bits per heavy atom. The van der Waals surface area contributed by atoms with Crippen molar-refractivity contribution in [3.8, 4) is 0 Å². The number of rotatable bonds is 3. The summed E-state index contributed by atoms with van der Waals surface area (Å²) in [6.07, 6.45) is 3.46. The molecule has 1 atom stereocenters. The van der Waals surface area contributed by atoms with Gasteiger partial charge in [-0.15, -0.1) is 0 Å². The zero-order valence-corrected chi connectivity index (χ0v) is 13.9. The number of amides is 1. The lowest BCUT2D eigenvalue weighted by Crippen LogP contribution is -2.43. The molecule has 24 heavy (non-hydrogen) atoms. The van der Waals surface area contributed by atoms with Crippen molar-refractivity contribution in [1.29, 1.82) is 0 Å². The fourth-order valence-corrected chi connectivity index (χ4v) is 3.52. The number of piperidine rings is 1. The third-order valence-corrected chi connectivity index (χ3v) is 4.80. The van der Waals surface area contributed by atoms with Crippen molar-refractivity contribution in [2.45, 2.75) is 32.2 Å². The summed E-state index contributed by atoms with van der Waals surface area (Å²) in [5, 5.41) is 5.53. The highest BCUT2D eigenvalue weighted by molar-refractivity contribution is 6.06. The van der Waals surface area contributed by atoms with E-state index in [4.69, 9.17) is 4.42 Å². The van der Waals surface area contributed by atoms with Crippen molar-refractivity contribution in [3.05, 3.63) is 42.5 Å². The third kappa shape index (κ3) is 2.73. The number of hydrogen-bond acceptors (Lipinski definition) is 3. The molecular formula is C20H22N2O2. The second kappa shape index (κ2) is 6.19. The van der Waals surface area contributed by atoms with Crippen molar-refractivity contribution in [1.82, 2.24) is 4.90 Å². The predicted octanol–water partition coefficient (Wildman–Crippen LogP) is 4.40. The molecule has 1 aliphatic rings. The summed E-state index contributed by atoms with van der Waals surface area (Å²) in [5.74, 6) is 0.187. The minimum atomic E-state index is -0.223. The molecule has 0 aliphatic carbocycles. The van der Waals surface area contributed by atoms with Crippen molar-refractivity contribution in [2.75, 3.05) is 18.4 Å². The van der Waals surface area contributed by atoms with Gasteiger partial charge in [0.15, 0.2) is 0 Å². The van der Waals surface area contributed by atoms with E-state index in [9.17, 15) is 4.79 Å². The summed E-state index contributed by atoms with van der Waals surface area (Å²) in [5.41, 5.74) is 2.71. The number of nitrogens with one attached hydrogen (secondary N) is 1. The first-order chi connectivity index (χ1) is 11.7. The van der Waals surface area contributed by atoms with E-state index in [1.54, 1.807) is 0 Å². The molecule has 2 heterocycles. The van der Waals surface area contributed by atoms with E-state index >= 15 is 0 Å². The molecule has 0 saturated carbocycles. The minimum Gasteiger partial charge on any atom is -0.456 e. The average molecular weight is 322 g/mol. The Labute approximate surface area is 141 Å². The number of carbonyl (C=O) groups excluding carboxylic acids is 1. The molecule has 4 rings (SSSR count). The Hall–Kier alpha value is -2.49. The van der Waals surface area contributed by atoms with Crippen LogP contribution in [0.5, 0.6) is 0 Å². The Kier molecular flexibility index (Phi) is 3.89. The number of carbonyl (C=O) groups is 1. The van der Waals surface area contributed by atoms with Gasteiger partial charge in [-0.05, 0) is 50.5 Å². The van der Waals surface area contributed by atoms with E-state index < -0.39 is 0 Å². The van der Waals surface area contributed by atoms with Crippen LogP contribution < -0.4 is 5.32 Å². The molecule has 0 unspecified atom stereocenters. The molecule has 2 aromatic carbocycles. The molecule has 4 nitrogen and oxygen atoms in total. The summed E-state index contributed by atoms with van der Waals surface area (Å²) in [6.45, 7) is 3.71. The zero-order valence-electron chi connectivity index (χ0n) is 13.9. The van der Waals surface area contributed by atoms with E-state index in [-0.39, 0.29) is 11.9 Å². The molecular weight excluding hydrogens is 300 g/mol. The lowest BCUT2D eigenvalue weighted by atomic mass is 10.1. The van der Waals surface area contributed by atoms with Gasteiger partial charge in [0, 0.05) is 29.5 Å². The highest BCUT2D eigenvalue weighted by Gasteiger charge is 2.22. The van der Waals surface area contributed by atoms with Gasteiger partial charge < -0.3 is 14.6 Å². The number of fused-ring (bicyclic) bond motifs is 3. The zero-order chi connectivity index (χ0) is 16.5. The normalized spacial score (nSPS) is 16.5. The van der Waals surface area contributed by atoms with Crippen LogP contribution in [0.25, 0.3) is 21.9 Å². The number of furan rings is 1. The predicted molar refractivity (Wildman–Crippen MR) is 97.2 cm³/mol. The Bertz CT molecular complexity index is 878. The van der Waals surface area contributed by atoms with Crippen molar-refractivity contribution < 1.29 is 9.21 Å². The highest BCUT2D eigenvalue weighted by Crippen LogP contribution is 2.30. The van der Waals surface area contributed by atoms with Crippen LogP contribution >= 0.6 is 0 Å². The number of hydrogen-bond donors (Lipinski definition) is 1. The Morgan fingerprint density at radius 1 is 1.04 bits per heavy atom. The fraction of sp³-hybridized carbons (Fsp3) is 0.350. The smallest absolute Gasteiger partial charge is 0.244 e. The topological polar surface area (TPSA) is 45.5 Å². The van der Waals surface area contributed by atoms with Crippen LogP contribution in [0.1, 0.15) is 26.2 Å². The highest BCUT2D eigenvalue weighted by atomic mass is 16.3. The quantitative estimate of drug-likeness (QED) is 0.777. The molecule has 4 heteroatoms. The minimum absolute atomic E-state index is 0.187. The van der Waals surface area contributed by atoms with Gasteiger partial charge >= 0.3 is 0 Å². The first-order valence-corrected chi connectivity index (χ1v) is 8.69. The second-order valence-corrected chi connectivity index (χ2v) is 6.56. The summed E-state index contributed by atoms with van der Waals surface area (Å²) in [4.78, 5) is 14.6. The monoisotopic (exact) mass is 322 g/mol. The number of benzene rings is 2. The summed E-state index contributed by atoms with van der Waals surface area (Å²) < 4.78 is 5.85. The molecule has 1 saturated heterocycles. The van der Waals surface area contributed by atoms with Crippen LogP contribution in [0.2, 0.25) is 0 Å². The molecule has 1 fully saturated rings. The maximum Gasteiger partial charge on any atom is 0.244 e. The van der Waals surface area contributed by atoms with Crippen molar-refractivity contribution >= 4 is 33.5 Å². The molecule has 1 aliphatic heterocycles. The first kappa shape index (κ1) is 15.1. The maximum atomic E-state index is 12.6. The molecule has 0 bridgehead atoms. The van der Waals surface area contributed by atoms with E-state index in [0.717, 1.165) is 53.6 Å². The Balaban J connectivity index is 1.57. The molecule has 1 aromatic heterocycles. The van der Waals surface area contributed by atoms with Crippen LogP contribution in [0.4, 0.5) is 5.69 Å². The van der Waals surface area contributed by atoms with Crippen LogP contribution in [-0.4, -0.2) is 29.9 Å². The largest absolute Gasteiger partial charge is 0.456 e. The standard InChI is InChI=1S/C20H22N2O2/c1-14(20(23)22-11-5-2-6-12-22)21-15-9-10-19-17(13-15)16-7-3-4-8-18(16)24-19/h3-4,7-10,13-14,21H,2,5-6,11-12H2,1H3/t14-/m1/s1. The van der Waals surface area contributed by atoms with Gasteiger partial charge in [0.25, 0.3) is 0 Å².